The van der Waals surface area contributed by atoms with Gasteiger partial charge in [0.25, 0.3) is 0 Å². The third kappa shape index (κ3) is 2.41. The van der Waals surface area contributed by atoms with Crippen LogP contribution in [0.2, 0.25) is 5.15 Å². The molecule has 1 aromatic heterocycles. The summed E-state index contributed by atoms with van der Waals surface area (Å²) in [5.41, 5.74) is 1.40. The average molecular weight is 226 g/mol. The van der Waals surface area contributed by atoms with Crippen molar-refractivity contribution in [2.45, 2.75) is 18.4 Å². The van der Waals surface area contributed by atoms with Gasteiger partial charge in [0.15, 0.2) is 0 Å². The minimum Gasteiger partial charge on any atom is -0.383 e. The smallest absolute Gasteiger partial charge is 0.131 e. The van der Waals surface area contributed by atoms with Gasteiger partial charge in [-0.15, -0.1) is 0 Å². The highest BCUT2D eigenvalue weighted by Crippen LogP contribution is 2.39. The maximum Gasteiger partial charge on any atom is 0.131 e. The van der Waals surface area contributed by atoms with Gasteiger partial charge in [0.2, 0.25) is 0 Å². The molecule has 1 aliphatic rings. The van der Waals surface area contributed by atoms with Gasteiger partial charge in [-0.2, -0.15) is 0 Å². The second-order valence-electron chi connectivity index (χ2n) is 4.34. The van der Waals surface area contributed by atoms with E-state index in [2.05, 4.69) is 29.3 Å². The van der Waals surface area contributed by atoms with Gasteiger partial charge in [0, 0.05) is 24.0 Å². The fraction of sp³-hybridized carbons (Fsp3) is 0.545. The molecule has 0 unspecified atom stereocenters. The lowest BCUT2D eigenvalue weighted by Gasteiger charge is -2.24. The summed E-state index contributed by atoms with van der Waals surface area (Å²) in [4.78, 5) is 6.24. The molecular weight excluding hydrogens is 210 g/mol. The zero-order valence-electron chi connectivity index (χ0n) is 9.13. The molecule has 1 heterocycles. The van der Waals surface area contributed by atoms with Gasteiger partial charge in [0.05, 0.1) is 0 Å². The number of anilines is 1. The summed E-state index contributed by atoms with van der Waals surface area (Å²) in [5.74, 6) is 0. The fourth-order valence-electron chi connectivity index (χ4n) is 1.71. The van der Waals surface area contributed by atoms with Crippen molar-refractivity contribution in [3.05, 3.63) is 23.5 Å². The molecule has 0 atom stereocenters. The first-order valence-electron chi connectivity index (χ1n) is 5.15. The van der Waals surface area contributed by atoms with Gasteiger partial charge in [-0.3, -0.25) is 0 Å². The third-order valence-electron chi connectivity index (χ3n) is 3.12. The lowest BCUT2D eigenvalue weighted by atomic mass is 10.2. The molecule has 1 aromatic rings. The van der Waals surface area contributed by atoms with E-state index in [1.54, 1.807) is 6.20 Å². The standard InChI is InChI=1S/C11H16ClN3/c1-15(2)11(4-5-11)8-14-9-3-6-13-10(12)7-9/h3,6-7H,4-5,8H2,1-2H3,(H,13,14). The summed E-state index contributed by atoms with van der Waals surface area (Å²) in [6.45, 7) is 0.973. The van der Waals surface area contributed by atoms with E-state index in [0.29, 0.717) is 10.7 Å². The zero-order chi connectivity index (χ0) is 10.9. The Morgan fingerprint density at radius 1 is 1.53 bits per heavy atom. The van der Waals surface area contributed by atoms with E-state index >= 15 is 0 Å². The topological polar surface area (TPSA) is 28.2 Å². The second-order valence-corrected chi connectivity index (χ2v) is 4.73. The van der Waals surface area contributed by atoms with Crippen molar-refractivity contribution in [3.63, 3.8) is 0 Å². The minimum absolute atomic E-state index is 0.357. The first kappa shape index (κ1) is 10.7. The first-order chi connectivity index (χ1) is 7.12. The molecule has 1 N–H and O–H groups in total. The van der Waals surface area contributed by atoms with Crippen molar-refractivity contribution in [2.24, 2.45) is 0 Å². The Hall–Kier alpha value is -0.800. The third-order valence-corrected chi connectivity index (χ3v) is 3.33. The van der Waals surface area contributed by atoms with Gasteiger partial charge in [-0.25, -0.2) is 4.98 Å². The Labute approximate surface area is 95.4 Å². The van der Waals surface area contributed by atoms with Gasteiger partial charge < -0.3 is 10.2 Å². The predicted octanol–water partition coefficient (Wildman–Crippen LogP) is 2.24. The maximum atomic E-state index is 5.81. The molecule has 0 aliphatic heterocycles. The van der Waals surface area contributed by atoms with Crippen LogP contribution in [-0.2, 0) is 0 Å². The molecule has 2 rings (SSSR count). The van der Waals surface area contributed by atoms with Crippen LogP contribution in [0.15, 0.2) is 18.3 Å². The SMILES string of the molecule is CN(C)C1(CNc2ccnc(Cl)c2)CC1. The van der Waals surface area contributed by atoms with Crippen molar-refractivity contribution in [3.8, 4) is 0 Å². The molecule has 3 nitrogen and oxygen atoms in total. The molecule has 0 saturated heterocycles. The second kappa shape index (κ2) is 3.99. The van der Waals surface area contributed by atoms with Crippen LogP contribution in [0.1, 0.15) is 12.8 Å². The Balaban J connectivity index is 1.94. The van der Waals surface area contributed by atoms with E-state index in [-0.39, 0.29) is 0 Å². The molecule has 4 heteroatoms. The molecule has 0 bridgehead atoms. The number of aromatic nitrogens is 1. The van der Waals surface area contributed by atoms with Crippen LogP contribution in [-0.4, -0.2) is 36.1 Å². The van der Waals surface area contributed by atoms with E-state index in [9.17, 15) is 0 Å². The number of rotatable bonds is 4. The highest BCUT2D eigenvalue weighted by Gasteiger charge is 2.44. The molecule has 0 aromatic carbocycles. The molecule has 0 amide bonds. The number of pyridine rings is 1. The monoisotopic (exact) mass is 225 g/mol. The summed E-state index contributed by atoms with van der Waals surface area (Å²) < 4.78 is 0. The number of nitrogens with zero attached hydrogens (tertiary/aromatic N) is 2. The van der Waals surface area contributed by atoms with Gasteiger partial charge in [0.1, 0.15) is 5.15 Å². The van der Waals surface area contributed by atoms with Crippen molar-refractivity contribution < 1.29 is 0 Å². The Morgan fingerprint density at radius 3 is 2.80 bits per heavy atom. The zero-order valence-corrected chi connectivity index (χ0v) is 9.88. The Bertz CT molecular complexity index is 347. The maximum absolute atomic E-state index is 5.81. The number of halogens is 1. The van der Waals surface area contributed by atoms with Crippen molar-refractivity contribution in [1.29, 1.82) is 0 Å². The molecule has 1 fully saturated rings. The Morgan fingerprint density at radius 2 is 2.27 bits per heavy atom. The molecular formula is C11H16ClN3. The van der Waals surface area contributed by atoms with E-state index in [0.717, 1.165) is 12.2 Å². The highest BCUT2D eigenvalue weighted by atomic mass is 35.5. The van der Waals surface area contributed by atoms with Gasteiger partial charge in [-0.1, -0.05) is 11.6 Å². The van der Waals surface area contributed by atoms with Crippen LogP contribution in [0.3, 0.4) is 0 Å². The molecule has 1 saturated carbocycles. The summed E-state index contributed by atoms with van der Waals surface area (Å²) in [6, 6.07) is 3.80. The van der Waals surface area contributed by atoms with E-state index in [4.69, 9.17) is 11.6 Å². The summed E-state index contributed by atoms with van der Waals surface area (Å²) >= 11 is 5.81. The van der Waals surface area contributed by atoms with E-state index in [1.807, 2.05) is 12.1 Å². The minimum atomic E-state index is 0.357. The van der Waals surface area contributed by atoms with Crippen LogP contribution in [0.4, 0.5) is 5.69 Å². The number of hydrogen-bond acceptors (Lipinski definition) is 3. The fourth-order valence-corrected chi connectivity index (χ4v) is 1.88. The van der Waals surface area contributed by atoms with Gasteiger partial charge in [-0.05, 0) is 39.1 Å². The molecule has 15 heavy (non-hydrogen) atoms. The van der Waals surface area contributed by atoms with Crippen molar-refractivity contribution >= 4 is 17.3 Å². The summed E-state index contributed by atoms with van der Waals surface area (Å²) in [7, 11) is 4.27. The van der Waals surface area contributed by atoms with Crippen LogP contribution in [0.25, 0.3) is 0 Å². The summed E-state index contributed by atoms with van der Waals surface area (Å²) in [5, 5.41) is 3.94. The Kier molecular flexibility index (Phi) is 2.85. The normalized spacial score (nSPS) is 17.9. The van der Waals surface area contributed by atoms with E-state index < -0.39 is 0 Å². The van der Waals surface area contributed by atoms with Crippen LogP contribution in [0, 0.1) is 0 Å². The van der Waals surface area contributed by atoms with Crippen LogP contribution < -0.4 is 5.32 Å². The average Bonchev–Trinajstić information content (AvgIpc) is 2.96. The molecule has 1 aliphatic carbocycles. The quantitative estimate of drug-likeness (QED) is 0.797. The van der Waals surface area contributed by atoms with Crippen molar-refractivity contribution in [2.75, 3.05) is 26.0 Å². The number of nitrogens with one attached hydrogen (secondary N) is 1. The van der Waals surface area contributed by atoms with Gasteiger partial charge >= 0.3 is 0 Å². The van der Waals surface area contributed by atoms with Crippen LogP contribution in [0.5, 0.6) is 0 Å². The highest BCUT2D eigenvalue weighted by molar-refractivity contribution is 6.29. The number of likely N-dealkylation sites (N-methyl/N-ethyl adjacent to an activating group) is 1. The van der Waals surface area contributed by atoms with Crippen molar-refractivity contribution in [1.82, 2.24) is 9.88 Å². The molecule has 82 valence electrons. The largest absolute Gasteiger partial charge is 0.383 e. The molecule has 0 radical (unpaired) electrons. The first-order valence-corrected chi connectivity index (χ1v) is 5.53. The van der Waals surface area contributed by atoms with Crippen LogP contribution >= 0.6 is 11.6 Å². The number of hydrogen-bond donors (Lipinski definition) is 1. The lowest BCUT2D eigenvalue weighted by Crippen LogP contribution is -2.36. The lowest BCUT2D eigenvalue weighted by molar-refractivity contribution is 0.284. The predicted molar refractivity (Wildman–Crippen MR) is 63.4 cm³/mol. The molecule has 0 spiro atoms. The van der Waals surface area contributed by atoms with E-state index in [1.165, 1.54) is 12.8 Å². The summed E-state index contributed by atoms with van der Waals surface area (Å²) in [6.07, 6.45) is 4.26.